The number of nitrogens with zero attached hydrogens (tertiary/aromatic N) is 3. The molecule has 80 valence electrons. The largest absolute Gasteiger partial charge is 0.375 e. The second kappa shape index (κ2) is 4.02. The number of hydrogen-bond donors (Lipinski definition) is 1. The zero-order valence-corrected chi connectivity index (χ0v) is 9.66. The van der Waals surface area contributed by atoms with Gasteiger partial charge in [-0.15, -0.1) is 11.3 Å². The van der Waals surface area contributed by atoms with E-state index in [1.165, 1.54) is 11.3 Å². The molecule has 0 fully saturated rings. The molecule has 5 heteroatoms. The van der Waals surface area contributed by atoms with Crippen LogP contribution in [0.25, 0.3) is 0 Å². The van der Waals surface area contributed by atoms with Gasteiger partial charge in [0, 0.05) is 23.7 Å². The highest BCUT2D eigenvalue weighted by atomic mass is 32.1. The Morgan fingerprint density at radius 2 is 2.33 bits per heavy atom. The van der Waals surface area contributed by atoms with Crippen molar-refractivity contribution in [3.8, 4) is 0 Å². The Morgan fingerprint density at radius 1 is 1.53 bits per heavy atom. The zero-order chi connectivity index (χ0) is 10.8. The molecule has 0 aliphatic heterocycles. The maximum Gasteiger partial charge on any atom is 0.180 e. The number of thiazole rings is 1. The molecule has 0 bridgehead atoms. The molecule has 0 spiro atoms. The standard InChI is InChI=1S/C10H14N4S/c1-7(2)9-12-3-4-14(9)5-8-6-15-10(11)13-8/h3-4,6-7H,5H2,1-2H3,(H2,11,13). The van der Waals surface area contributed by atoms with E-state index in [2.05, 4.69) is 28.4 Å². The highest BCUT2D eigenvalue weighted by Crippen LogP contribution is 2.16. The summed E-state index contributed by atoms with van der Waals surface area (Å²) in [6.45, 7) is 5.02. The molecule has 2 heterocycles. The quantitative estimate of drug-likeness (QED) is 0.865. The number of nitrogen functional groups attached to an aromatic ring is 1. The van der Waals surface area contributed by atoms with Gasteiger partial charge in [-0.25, -0.2) is 9.97 Å². The molecule has 0 atom stereocenters. The number of imidazole rings is 1. The van der Waals surface area contributed by atoms with E-state index >= 15 is 0 Å². The third-order valence-electron chi connectivity index (χ3n) is 2.17. The number of nitrogens with two attached hydrogens (primary N) is 1. The van der Waals surface area contributed by atoms with Crippen LogP contribution in [0.1, 0.15) is 31.3 Å². The molecule has 2 rings (SSSR count). The van der Waals surface area contributed by atoms with Crippen LogP contribution < -0.4 is 5.73 Å². The monoisotopic (exact) mass is 222 g/mol. The summed E-state index contributed by atoms with van der Waals surface area (Å²) >= 11 is 1.47. The summed E-state index contributed by atoms with van der Waals surface area (Å²) in [6.07, 6.45) is 3.80. The van der Waals surface area contributed by atoms with Crippen molar-refractivity contribution in [3.63, 3.8) is 0 Å². The fourth-order valence-electron chi connectivity index (χ4n) is 1.52. The first-order valence-electron chi connectivity index (χ1n) is 4.87. The van der Waals surface area contributed by atoms with Gasteiger partial charge in [0.1, 0.15) is 5.82 Å². The van der Waals surface area contributed by atoms with Crippen molar-refractivity contribution in [1.29, 1.82) is 0 Å². The van der Waals surface area contributed by atoms with Crippen LogP contribution in [0.4, 0.5) is 5.13 Å². The average molecular weight is 222 g/mol. The summed E-state index contributed by atoms with van der Waals surface area (Å²) in [5.74, 6) is 1.51. The van der Waals surface area contributed by atoms with Crippen LogP contribution in [0.15, 0.2) is 17.8 Å². The van der Waals surface area contributed by atoms with Crippen LogP contribution in [0.2, 0.25) is 0 Å². The summed E-state index contributed by atoms with van der Waals surface area (Å²) in [5.41, 5.74) is 6.59. The van der Waals surface area contributed by atoms with Crippen molar-refractivity contribution in [2.45, 2.75) is 26.3 Å². The summed E-state index contributed by atoms with van der Waals surface area (Å²) < 4.78 is 2.11. The van der Waals surface area contributed by atoms with Crippen molar-refractivity contribution < 1.29 is 0 Å². The summed E-state index contributed by atoms with van der Waals surface area (Å²) in [5, 5.41) is 2.61. The van der Waals surface area contributed by atoms with Crippen LogP contribution in [-0.2, 0) is 6.54 Å². The number of hydrogen-bond acceptors (Lipinski definition) is 4. The molecule has 0 unspecified atom stereocenters. The molecule has 2 aromatic heterocycles. The minimum Gasteiger partial charge on any atom is -0.375 e. The Bertz CT molecular complexity index is 444. The molecule has 0 aromatic carbocycles. The molecule has 2 aromatic rings. The van der Waals surface area contributed by atoms with Crippen LogP contribution in [0.5, 0.6) is 0 Å². The van der Waals surface area contributed by atoms with Crippen molar-refractivity contribution in [1.82, 2.24) is 14.5 Å². The maximum atomic E-state index is 5.59. The fourth-order valence-corrected chi connectivity index (χ4v) is 2.08. The predicted octanol–water partition coefficient (Wildman–Crippen LogP) is 2.09. The van der Waals surface area contributed by atoms with Gasteiger partial charge in [0.25, 0.3) is 0 Å². The van der Waals surface area contributed by atoms with Crippen molar-refractivity contribution in [3.05, 3.63) is 29.3 Å². The van der Waals surface area contributed by atoms with E-state index in [4.69, 9.17) is 5.73 Å². The molecule has 2 N–H and O–H groups in total. The number of aromatic nitrogens is 3. The third-order valence-corrected chi connectivity index (χ3v) is 2.89. The SMILES string of the molecule is CC(C)c1nccn1Cc1csc(N)n1. The number of anilines is 1. The first-order valence-corrected chi connectivity index (χ1v) is 5.75. The van der Waals surface area contributed by atoms with Gasteiger partial charge in [0.05, 0.1) is 12.2 Å². The van der Waals surface area contributed by atoms with E-state index in [0.717, 1.165) is 18.1 Å². The average Bonchev–Trinajstić information content (AvgIpc) is 2.75. The Morgan fingerprint density at radius 3 is 2.93 bits per heavy atom. The summed E-state index contributed by atoms with van der Waals surface area (Å²) in [7, 11) is 0. The lowest BCUT2D eigenvalue weighted by atomic mass is 10.2. The molecule has 0 saturated carbocycles. The predicted molar refractivity (Wildman–Crippen MR) is 61.9 cm³/mol. The molecule has 4 nitrogen and oxygen atoms in total. The summed E-state index contributed by atoms with van der Waals surface area (Å²) in [6, 6.07) is 0. The lowest BCUT2D eigenvalue weighted by Gasteiger charge is -2.08. The van der Waals surface area contributed by atoms with Gasteiger partial charge in [0.2, 0.25) is 0 Å². The molecule has 0 aliphatic carbocycles. The second-order valence-corrected chi connectivity index (χ2v) is 4.63. The normalized spacial score (nSPS) is 11.1. The Kier molecular flexibility index (Phi) is 2.73. The zero-order valence-electron chi connectivity index (χ0n) is 8.84. The summed E-state index contributed by atoms with van der Waals surface area (Å²) in [4.78, 5) is 8.56. The topological polar surface area (TPSA) is 56.7 Å². The smallest absolute Gasteiger partial charge is 0.180 e. The molecule has 0 aliphatic rings. The Balaban J connectivity index is 2.20. The molecular weight excluding hydrogens is 208 g/mol. The van der Waals surface area contributed by atoms with Crippen LogP contribution in [0, 0.1) is 0 Å². The van der Waals surface area contributed by atoms with Gasteiger partial charge in [-0.2, -0.15) is 0 Å². The maximum absolute atomic E-state index is 5.59. The molecular formula is C10H14N4S. The molecule has 0 amide bonds. The first-order chi connectivity index (χ1) is 7.16. The van der Waals surface area contributed by atoms with E-state index < -0.39 is 0 Å². The van der Waals surface area contributed by atoms with Gasteiger partial charge in [0.15, 0.2) is 5.13 Å². The van der Waals surface area contributed by atoms with E-state index in [9.17, 15) is 0 Å². The van der Waals surface area contributed by atoms with Crippen molar-refractivity contribution in [2.75, 3.05) is 5.73 Å². The lowest BCUT2D eigenvalue weighted by Crippen LogP contribution is -2.06. The third kappa shape index (κ3) is 2.18. The minimum atomic E-state index is 0.427. The highest BCUT2D eigenvalue weighted by Gasteiger charge is 2.08. The number of rotatable bonds is 3. The van der Waals surface area contributed by atoms with Crippen LogP contribution in [0.3, 0.4) is 0 Å². The Hall–Kier alpha value is -1.36. The minimum absolute atomic E-state index is 0.427. The fraction of sp³-hybridized carbons (Fsp3) is 0.400. The Labute approximate surface area is 92.8 Å². The highest BCUT2D eigenvalue weighted by molar-refractivity contribution is 7.13. The molecule has 15 heavy (non-hydrogen) atoms. The first kappa shape index (κ1) is 10.2. The van der Waals surface area contributed by atoms with Crippen molar-refractivity contribution in [2.24, 2.45) is 0 Å². The van der Waals surface area contributed by atoms with E-state index in [0.29, 0.717) is 11.0 Å². The van der Waals surface area contributed by atoms with E-state index in [-0.39, 0.29) is 0 Å². The molecule has 0 saturated heterocycles. The van der Waals surface area contributed by atoms with Crippen LogP contribution in [-0.4, -0.2) is 14.5 Å². The molecule has 0 radical (unpaired) electrons. The van der Waals surface area contributed by atoms with Gasteiger partial charge >= 0.3 is 0 Å². The lowest BCUT2D eigenvalue weighted by molar-refractivity contribution is 0.663. The van der Waals surface area contributed by atoms with Gasteiger partial charge < -0.3 is 10.3 Å². The van der Waals surface area contributed by atoms with Crippen LogP contribution >= 0.6 is 11.3 Å². The van der Waals surface area contributed by atoms with Crippen molar-refractivity contribution >= 4 is 16.5 Å². The van der Waals surface area contributed by atoms with Gasteiger partial charge in [-0.05, 0) is 0 Å². The second-order valence-electron chi connectivity index (χ2n) is 3.75. The van der Waals surface area contributed by atoms with Gasteiger partial charge in [-0.3, -0.25) is 0 Å². The van der Waals surface area contributed by atoms with E-state index in [1.54, 1.807) is 0 Å². The van der Waals surface area contributed by atoms with Gasteiger partial charge in [-0.1, -0.05) is 13.8 Å². The van der Waals surface area contributed by atoms with E-state index in [1.807, 2.05) is 17.8 Å².